The van der Waals surface area contributed by atoms with Crippen LogP contribution in [0.4, 0.5) is 0 Å². The van der Waals surface area contributed by atoms with Crippen LogP contribution >= 0.6 is 0 Å². The van der Waals surface area contributed by atoms with Crippen LogP contribution in [0.5, 0.6) is 0 Å². The number of rotatable bonds is 1. The van der Waals surface area contributed by atoms with Gasteiger partial charge in [0.15, 0.2) is 5.66 Å². The van der Waals surface area contributed by atoms with E-state index in [1.807, 2.05) is 6.07 Å². The van der Waals surface area contributed by atoms with Crippen LogP contribution in [0.1, 0.15) is 12.6 Å². The fraction of sp³-hybridized carbons (Fsp3) is 0.333. The molecule has 2 N–H and O–H groups in total. The van der Waals surface area contributed by atoms with Crippen molar-refractivity contribution in [2.75, 3.05) is 6.54 Å². The third kappa shape index (κ3) is 1.18. The van der Waals surface area contributed by atoms with E-state index in [2.05, 4.69) is 10.3 Å². The topological polar surface area (TPSA) is 65.5 Å². The highest BCUT2D eigenvalue weighted by Crippen LogP contribution is 2.25. The lowest BCUT2D eigenvalue weighted by atomic mass is 10.1. The molecule has 0 aromatic carbocycles. The van der Waals surface area contributed by atoms with E-state index in [1.165, 1.54) is 0 Å². The first-order valence-corrected chi connectivity index (χ1v) is 4.33. The van der Waals surface area contributed by atoms with Gasteiger partial charge in [-0.15, -0.1) is 0 Å². The second kappa shape index (κ2) is 3.04. The number of nitrogens with zero attached hydrogens (tertiary/aromatic N) is 2. The van der Waals surface area contributed by atoms with Crippen molar-refractivity contribution in [2.45, 2.75) is 12.6 Å². The zero-order valence-corrected chi connectivity index (χ0v) is 7.77. The molecule has 1 fully saturated rings. The summed E-state index contributed by atoms with van der Waals surface area (Å²) in [6.07, 6.45) is 1.62. The van der Waals surface area contributed by atoms with E-state index in [0.717, 1.165) is 0 Å². The zero-order chi connectivity index (χ0) is 10.2. The Labute approximate surface area is 81.3 Å². The van der Waals surface area contributed by atoms with E-state index >= 15 is 0 Å². The first-order valence-electron chi connectivity index (χ1n) is 4.33. The van der Waals surface area contributed by atoms with Gasteiger partial charge in [0.25, 0.3) is 5.91 Å². The van der Waals surface area contributed by atoms with Crippen molar-refractivity contribution in [2.24, 2.45) is 0 Å². The molecule has 0 radical (unpaired) electrons. The number of nitrogens with one attached hydrogen (secondary N) is 1. The Kier molecular flexibility index (Phi) is 1.98. The maximum Gasteiger partial charge on any atom is 0.262 e. The molecule has 0 bridgehead atoms. The lowest BCUT2D eigenvalue weighted by Crippen LogP contribution is -2.45. The molecule has 74 valence electrons. The molecule has 1 saturated heterocycles. The van der Waals surface area contributed by atoms with Crippen LogP contribution in [-0.4, -0.2) is 27.7 Å². The molecule has 0 saturated carbocycles. The average molecular weight is 193 g/mol. The van der Waals surface area contributed by atoms with Gasteiger partial charge in [-0.05, 0) is 19.1 Å². The Balaban J connectivity index is 2.39. The third-order valence-electron chi connectivity index (χ3n) is 2.41. The van der Waals surface area contributed by atoms with Gasteiger partial charge in [0, 0.05) is 6.20 Å². The van der Waals surface area contributed by atoms with Crippen molar-refractivity contribution < 1.29 is 10.0 Å². The van der Waals surface area contributed by atoms with Gasteiger partial charge in [-0.2, -0.15) is 5.06 Å². The van der Waals surface area contributed by atoms with Crippen LogP contribution in [-0.2, 0) is 10.5 Å². The SMILES string of the molecule is C[C@@]1(c2ccccn2)NCC(=O)N1O. The third-order valence-corrected chi connectivity index (χ3v) is 2.41. The largest absolute Gasteiger partial charge is 0.284 e. The maximum absolute atomic E-state index is 11.1. The molecular weight excluding hydrogens is 182 g/mol. The number of aromatic nitrogens is 1. The summed E-state index contributed by atoms with van der Waals surface area (Å²) in [4.78, 5) is 15.2. The summed E-state index contributed by atoms with van der Waals surface area (Å²) in [5.74, 6) is -0.349. The molecule has 5 heteroatoms. The van der Waals surface area contributed by atoms with Gasteiger partial charge in [-0.3, -0.25) is 20.3 Å². The molecule has 1 aliphatic rings. The van der Waals surface area contributed by atoms with Crippen molar-refractivity contribution in [3.05, 3.63) is 30.1 Å². The van der Waals surface area contributed by atoms with Crippen LogP contribution in [0.25, 0.3) is 0 Å². The Bertz CT molecular complexity index is 354. The summed E-state index contributed by atoms with van der Waals surface area (Å²) in [7, 11) is 0. The number of hydrogen-bond donors (Lipinski definition) is 2. The molecule has 0 unspecified atom stereocenters. The van der Waals surface area contributed by atoms with E-state index in [0.29, 0.717) is 10.8 Å². The highest BCUT2D eigenvalue weighted by molar-refractivity contribution is 5.80. The molecule has 0 spiro atoms. The number of carbonyl (C=O) groups is 1. The maximum atomic E-state index is 11.1. The lowest BCUT2D eigenvalue weighted by Gasteiger charge is -2.28. The lowest BCUT2D eigenvalue weighted by molar-refractivity contribution is -0.182. The van der Waals surface area contributed by atoms with Gasteiger partial charge in [0.2, 0.25) is 0 Å². The van der Waals surface area contributed by atoms with Gasteiger partial charge in [-0.25, -0.2) is 0 Å². The molecule has 5 nitrogen and oxygen atoms in total. The molecular formula is C9H11N3O2. The number of pyridine rings is 1. The van der Waals surface area contributed by atoms with E-state index < -0.39 is 5.66 Å². The van der Waals surface area contributed by atoms with Crippen LogP contribution in [0.2, 0.25) is 0 Å². The minimum Gasteiger partial charge on any atom is -0.284 e. The zero-order valence-electron chi connectivity index (χ0n) is 7.77. The predicted molar refractivity (Wildman–Crippen MR) is 48.2 cm³/mol. The summed E-state index contributed by atoms with van der Waals surface area (Å²) in [6, 6.07) is 5.35. The number of hydrogen-bond acceptors (Lipinski definition) is 4. The summed E-state index contributed by atoms with van der Waals surface area (Å²) >= 11 is 0. The summed E-state index contributed by atoms with van der Waals surface area (Å²) in [5.41, 5.74) is -0.286. The molecule has 2 rings (SSSR count). The highest BCUT2D eigenvalue weighted by atomic mass is 16.5. The Hall–Kier alpha value is -1.46. The Morgan fingerprint density at radius 2 is 2.43 bits per heavy atom. The fourth-order valence-electron chi connectivity index (χ4n) is 1.50. The number of carbonyl (C=O) groups excluding carboxylic acids is 1. The van der Waals surface area contributed by atoms with Crippen molar-refractivity contribution in [3.63, 3.8) is 0 Å². The normalized spacial score (nSPS) is 27.0. The van der Waals surface area contributed by atoms with Crippen LogP contribution in [0.3, 0.4) is 0 Å². The van der Waals surface area contributed by atoms with Gasteiger partial charge >= 0.3 is 0 Å². The smallest absolute Gasteiger partial charge is 0.262 e. The van der Waals surface area contributed by atoms with Gasteiger partial charge in [0.1, 0.15) is 0 Å². The van der Waals surface area contributed by atoms with Gasteiger partial charge < -0.3 is 0 Å². The standard InChI is InChI=1S/C9H11N3O2/c1-9(7-4-2-3-5-10-7)11-6-8(13)12(9)14/h2-5,11,14H,6H2,1H3/t9-/m1/s1. The van der Waals surface area contributed by atoms with Gasteiger partial charge in [-0.1, -0.05) is 6.07 Å². The Morgan fingerprint density at radius 1 is 1.64 bits per heavy atom. The number of hydroxylamine groups is 2. The summed E-state index contributed by atoms with van der Waals surface area (Å²) < 4.78 is 0. The van der Waals surface area contributed by atoms with Crippen LogP contribution in [0.15, 0.2) is 24.4 Å². The van der Waals surface area contributed by atoms with E-state index in [4.69, 9.17) is 0 Å². The van der Waals surface area contributed by atoms with E-state index in [1.54, 1.807) is 25.3 Å². The molecule has 0 aliphatic carbocycles. The predicted octanol–water partition coefficient (Wildman–Crippen LogP) is 0.0753. The monoisotopic (exact) mass is 193 g/mol. The summed E-state index contributed by atoms with van der Waals surface area (Å²) in [6.45, 7) is 1.84. The van der Waals surface area contributed by atoms with Crippen molar-refractivity contribution in [3.8, 4) is 0 Å². The second-order valence-corrected chi connectivity index (χ2v) is 3.35. The molecule has 1 atom stereocenters. The van der Waals surface area contributed by atoms with E-state index in [9.17, 15) is 10.0 Å². The second-order valence-electron chi connectivity index (χ2n) is 3.35. The van der Waals surface area contributed by atoms with Gasteiger partial charge in [0.05, 0.1) is 12.2 Å². The number of amides is 1. The van der Waals surface area contributed by atoms with Crippen molar-refractivity contribution >= 4 is 5.91 Å². The van der Waals surface area contributed by atoms with Crippen molar-refractivity contribution in [1.82, 2.24) is 15.4 Å². The molecule has 1 aromatic heterocycles. The molecule has 1 aliphatic heterocycles. The molecule has 1 amide bonds. The van der Waals surface area contributed by atoms with Crippen LogP contribution in [0, 0.1) is 0 Å². The molecule has 14 heavy (non-hydrogen) atoms. The minimum absolute atomic E-state index is 0.129. The fourth-order valence-corrected chi connectivity index (χ4v) is 1.50. The van der Waals surface area contributed by atoms with Crippen molar-refractivity contribution in [1.29, 1.82) is 0 Å². The average Bonchev–Trinajstić information content (AvgIpc) is 2.49. The molecule has 2 heterocycles. The summed E-state index contributed by atoms with van der Waals surface area (Å²) in [5, 5.41) is 13.2. The first-order chi connectivity index (χ1) is 6.64. The quantitative estimate of drug-likeness (QED) is 0.620. The highest BCUT2D eigenvalue weighted by Gasteiger charge is 2.43. The van der Waals surface area contributed by atoms with Crippen LogP contribution < -0.4 is 5.32 Å². The first kappa shape index (κ1) is 9.11. The molecule has 1 aromatic rings. The minimum atomic E-state index is -0.904. The Morgan fingerprint density at radius 3 is 2.93 bits per heavy atom. The van der Waals surface area contributed by atoms with E-state index in [-0.39, 0.29) is 12.5 Å².